The Bertz CT molecular complexity index is 195. The predicted molar refractivity (Wildman–Crippen MR) is 56.1 cm³/mol. The second kappa shape index (κ2) is 6.60. The Labute approximate surface area is 85.7 Å². The molecule has 0 unspecified atom stereocenters. The third kappa shape index (κ3) is 4.42. The molecule has 0 spiro atoms. The van der Waals surface area contributed by atoms with Crippen LogP contribution in [-0.4, -0.2) is 37.1 Å². The molecule has 1 rings (SSSR count). The summed E-state index contributed by atoms with van der Waals surface area (Å²) in [5.74, 6) is -0.0880. The third-order valence-corrected chi connectivity index (χ3v) is 2.41. The van der Waals surface area contributed by atoms with Gasteiger partial charge in [-0.2, -0.15) is 0 Å². The molecule has 0 aromatic rings. The van der Waals surface area contributed by atoms with Gasteiger partial charge in [0.05, 0.1) is 6.42 Å². The number of hydrogen-bond donors (Lipinski definition) is 0. The van der Waals surface area contributed by atoms with Gasteiger partial charge in [0.25, 0.3) is 0 Å². The van der Waals surface area contributed by atoms with E-state index in [9.17, 15) is 4.79 Å². The fourth-order valence-electron chi connectivity index (χ4n) is 1.57. The minimum absolute atomic E-state index is 0.0880. The zero-order valence-electron chi connectivity index (χ0n) is 8.87. The number of nitrogens with zero attached hydrogens (tertiary/aromatic N) is 1. The van der Waals surface area contributed by atoms with E-state index in [0.29, 0.717) is 13.0 Å². The van der Waals surface area contributed by atoms with Crippen molar-refractivity contribution in [2.45, 2.75) is 26.2 Å². The molecule has 1 saturated heterocycles. The summed E-state index contributed by atoms with van der Waals surface area (Å²) in [5.41, 5.74) is 0. The highest BCUT2D eigenvalue weighted by atomic mass is 16.5. The fourth-order valence-corrected chi connectivity index (χ4v) is 1.57. The van der Waals surface area contributed by atoms with Gasteiger partial charge in [-0.25, -0.2) is 0 Å². The van der Waals surface area contributed by atoms with Gasteiger partial charge in [0.15, 0.2) is 0 Å². The lowest BCUT2D eigenvalue weighted by atomic mass is 10.4. The maximum absolute atomic E-state index is 11.2. The Morgan fingerprint density at radius 1 is 1.43 bits per heavy atom. The van der Waals surface area contributed by atoms with Crippen LogP contribution in [0.15, 0.2) is 12.2 Å². The minimum atomic E-state index is -0.0880. The van der Waals surface area contributed by atoms with Gasteiger partial charge in [-0.05, 0) is 32.9 Å². The van der Waals surface area contributed by atoms with E-state index in [2.05, 4.69) is 4.90 Å². The molecule has 0 aromatic heterocycles. The van der Waals surface area contributed by atoms with E-state index in [0.717, 1.165) is 19.6 Å². The van der Waals surface area contributed by atoms with Crippen molar-refractivity contribution in [1.82, 2.24) is 4.90 Å². The number of hydrogen-bond acceptors (Lipinski definition) is 3. The van der Waals surface area contributed by atoms with Crippen LogP contribution in [0.3, 0.4) is 0 Å². The summed E-state index contributed by atoms with van der Waals surface area (Å²) in [6.45, 7) is 5.46. The standard InChI is InChI=1S/C11H19NO2/c1-2-3-10-14-11(13)6-9-12-7-4-5-8-12/h2-3H,4-10H2,1H3/b3-2+. The van der Waals surface area contributed by atoms with Gasteiger partial charge in [-0.1, -0.05) is 12.2 Å². The number of rotatable bonds is 5. The van der Waals surface area contributed by atoms with Gasteiger partial charge < -0.3 is 9.64 Å². The smallest absolute Gasteiger partial charge is 0.307 e. The van der Waals surface area contributed by atoms with Crippen molar-refractivity contribution in [3.05, 3.63) is 12.2 Å². The van der Waals surface area contributed by atoms with Crippen molar-refractivity contribution in [3.8, 4) is 0 Å². The molecule has 0 atom stereocenters. The van der Waals surface area contributed by atoms with Crippen molar-refractivity contribution in [2.75, 3.05) is 26.2 Å². The molecule has 1 aliphatic heterocycles. The summed E-state index contributed by atoms with van der Waals surface area (Å²) >= 11 is 0. The topological polar surface area (TPSA) is 29.5 Å². The highest BCUT2D eigenvalue weighted by Crippen LogP contribution is 2.07. The first-order valence-electron chi connectivity index (χ1n) is 5.32. The largest absolute Gasteiger partial charge is 0.461 e. The third-order valence-electron chi connectivity index (χ3n) is 2.41. The number of likely N-dealkylation sites (tertiary alicyclic amines) is 1. The normalized spacial score (nSPS) is 17.8. The van der Waals surface area contributed by atoms with Gasteiger partial charge in [0.1, 0.15) is 6.61 Å². The van der Waals surface area contributed by atoms with Gasteiger partial charge in [-0.3, -0.25) is 4.79 Å². The Morgan fingerprint density at radius 2 is 2.14 bits per heavy atom. The second-order valence-corrected chi connectivity index (χ2v) is 3.55. The molecule has 0 saturated carbocycles. The number of carbonyl (C=O) groups is 1. The van der Waals surface area contributed by atoms with Crippen LogP contribution in [0, 0.1) is 0 Å². The molecule has 0 radical (unpaired) electrons. The second-order valence-electron chi connectivity index (χ2n) is 3.55. The average molecular weight is 197 g/mol. The van der Waals surface area contributed by atoms with Crippen LogP contribution in [0.5, 0.6) is 0 Å². The lowest BCUT2D eigenvalue weighted by Gasteiger charge is -2.12. The van der Waals surface area contributed by atoms with Crippen molar-refractivity contribution in [3.63, 3.8) is 0 Å². The highest BCUT2D eigenvalue weighted by Gasteiger charge is 2.12. The van der Waals surface area contributed by atoms with E-state index in [4.69, 9.17) is 4.74 Å². The Morgan fingerprint density at radius 3 is 2.79 bits per heavy atom. The fraction of sp³-hybridized carbons (Fsp3) is 0.727. The minimum Gasteiger partial charge on any atom is -0.461 e. The van der Waals surface area contributed by atoms with Crippen molar-refractivity contribution < 1.29 is 9.53 Å². The molecule has 1 heterocycles. The summed E-state index contributed by atoms with van der Waals surface area (Å²) in [7, 11) is 0. The molecule has 1 fully saturated rings. The quantitative estimate of drug-likeness (QED) is 0.495. The van der Waals surface area contributed by atoms with E-state index < -0.39 is 0 Å². The summed E-state index contributed by atoms with van der Waals surface area (Å²) in [5, 5.41) is 0. The zero-order valence-corrected chi connectivity index (χ0v) is 8.87. The molecule has 0 bridgehead atoms. The Kier molecular flexibility index (Phi) is 5.30. The number of carbonyl (C=O) groups excluding carboxylic acids is 1. The first-order valence-corrected chi connectivity index (χ1v) is 5.32. The van der Waals surface area contributed by atoms with Gasteiger partial charge in [0, 0.05) is 6.54 Å². The molecular formula is C11H19NO2. The van der Waals surface area contributed by atoms with Crippen LogP contribution < -0.4 is 0 Å². The van der Waals surface area contributed by atoms with E-state index in [1.165, 1.54) is 12.8 Å². The van der Waals surface area contributed by atoms with Gasteiger partial charge >= 0.3 is 5.97 Å². The SMILES string of the molecule is C/C=C/COC(=O)CCN1CCCC1. The van der Waals surface area contributed by atoms with Gasteiger partial charge in [-0.15, -0.1) is 0 Å². The van der Waals surface area contributed by atoms with Crippen LogP contribution >= 0.6 is 0 Å². The molecule has 14 heavy (non-hydrogen) atoms. The molecule has 0 aliphatic carbocycles. The first-order chi connectivity index (χ1) is 6.83. The molecule has 0 aromatic carbocycles. The van der Waals surface area contributed by atoms with Crippen molar-refractivity contribution in [1.29, 1.82) is 0 Å². The number of allylic oxidation sites excluding steroid dienone is 1. The molecule has 0 amide bonds. The molecule has 3 nitrogen and oxygen atoms in total. The molecule has 3 heteroatoms. The van der Waals surface area contributed by atoms with E-state index in [1.54, 1.807) is 0 Å². The number of ether oxygens (including phenoxy) is 1. The predicted octanol–water partition coefficient (Wildman–Crippen LogP) is 1.59. The Balaban J connectivity index is 2.02. The first kappa shape index (κ1) is 11.2. The lowest BCUT2D eigenvalue weighted by molar-refractivity contribution is -0.142. The Hall–Kier alpha value is -0.830. The summed E-state index contributed by atoms with van der Waals surface area (Å²) < 4.78 is 4.99. The maximum Gasteiger partial charge on any atom is 0.307 e. The van der Waals surface area contributed by atoms with Crippen molar-refractivity contribution in [2.24, 2.45) is 0 Å². The summed E-state index contributed by atoms with van der Waals surface area (Å²) in [4.78, 5) is 13.5. The average Bonchev–Trinajstić information content (AvgIpc) is 2.68. The summed E-state index contributed by atoms with van der Waals surface area (Å²) in [6.07, 6.45) is 6.79. The zero-order chi connectivity index (χ0) is 10.2. The van der Waals surface area contributed by atoms with Crippen LogP contribution in [0.1, 0.15) is 26.2 Å². The van der Waals surface area contributed by atoms with Crippen LogP contribution in [0.2, 0.25) is 0 Å². The van der Waals surface area contributed by atoms with Crippen LogP contribution in [0.4, 0.5) is 0 Å². The monoisotopic (exact) mass is 197 g/mol. The molecular weight excluding hydrogens is 178 g/mol. The molecule has 80 valence electrons. The van der Waals surface area contributed by atoms with E-state index in [1.807, 2.05) is 19.1 Å². The maximum atomic E-state index is 11.2. The highest BCUT2D eigenvalue weighted by molar-refractivity contribution is 5.69. The van der Waals surface area contributed by atoms with E-state index in [-0.39, 0.29) is 5.97 Å². The van der Waals surface area contributed by atoms with E-state index >= 15 is 0 Å². The molecule has 1 aliphatic rings. The van der Waals surface area contributed by atoms with Gasteiger partial charge in [0.2, 0.25) is 0 Å². The molecule has 0 N–H and O–H groups in total. The lowest BCUT2D eigenvalue weighted by Crippen LogP contribution is -2.23. The van der Waals surface area contributed by atoms with Crippen LogP contribution in [-0.2, 0) is 9.53 Å². The van der Waals surface area contributed by atoms with Crippen LogP contribution in [0.25, 0.3) is 0 Å². The summed E-state index contributed by atoms with van der Waals surface area (Å²) in [6, 6.07) is 0. The van der Waals surface area contributed by atoms with Crippen molar-refractivity contribution >= 4 is 5.97 Å². The number of esters is 1.